The van der Waals surface area contributed by atoms with Gasteiger partial charge in [-0.1, -0.05) is 0 Å². The van der Waals surface area contributed by atoms with E-state index in [0.29, 0.717) is 25.3 Å². The molecule has 2 rings (SSSR count). The van der Waals surface area contributed by atoms with Crippen molar-refractivity contribution < 1.29 is 9.53 Å². The van der Waals surface area contributed by atoms with Gasteiger partial charge in [-0.15, -0.1) is 0 Å². The molecule has 0 aromatic heterocycles. The second-order valence-electron chi connectivity index (χ2n) is 4.64. The van der Waals surface area contributed by atoms with E-state index in [1.54, 1.807) is 0 Å². The Morgan fingerprint density at radius 1 is 1.63 bits per heavy atom. The Hall–Kier alpha value is -0.180. The molecule has 1 saturated heterocycles. The van der Waals surface area contributed by atoms with Crippen LogP contribution in [0.4, 0.5) is 0 Å². The SMILES string of the molecule is CC(N)C1CN(C(=O)c2cc(I)ccc2Br)CCO1. The third-order valence-corrected chi connectivity index (χ3v) is 4.49. The number of rotatable bonds is 2. The zero-order valence-electron chi connectivity index (χ0n) is 10.6. The number of carbonyl (C=O) groups excluding carboxylic acids is 1. The highest BCUT2D eigenvalue weighted by Crippen LogP contribution is 2.22. The lowest BCUT2D eigenvalue weighted by atomic mass is 10.1. The molecule has 0 saturated carbocycles. The van der Waals surface area contributed by atoms with Crippen molar-refractivity contribution in [1.29, 1.82) is 0 Å². The third-order valence-electron chi connectivity index (χ3n) is 3.13. The van der Waals surface area contributed by atoms with E-state index < -0.39 is 0 Å². The highest BCUT2D eigenvalue weighted by Gasteiger charge is 2.28. The van der Waals surface area contributed by atoms with Crippen molar-refractivity contribution >= 4 is 44.4 Å². The number of nitrogens with two attached hydrogens (primary N) is 1. The second-order valence-corrected chi connectivity index (χ2v) is 6.74. The van der Waals surface area contributed by atoms with E-state index in [0.717, 1.165) is 8.04 Å². The fraction of sp³-hybridized carbons (Fsp3) is 0.462. The van der Waals surface area contributed by atoms with Gasteiger partial charge in [0.25, 0.3) is 5.91 Å². The number of ether oxygens (including phenoxy) is 1. The fourth-order valence-electron chi connectivity index (χ4n) is 2.01. The number of hydrogen-bond acceptors (Lipinski definition) is 3. The minimum absolute atomic E-state index is 0.0272. The summed E-state index contributed by atoms with van der Waals surface area (Å²) in [4.78, 5) is 14.4. The zero-order chi connectivity index (χ0) is 14.0. The molecule has 1 aromatic rings. The highest BCUT2D eigenvalue weighted by atomic mass is 127. The summed E-state index contributed by atoms with van der Waals surface area (Å²) in [5, 5.41) is 0. The first kappa shape index (κ1) is 15.2. The average molecular weight is 439 g/mol. The molecule has 19 heavy (non-hydrogen) atoms. The van der Waals surface area contributed by atoms with Gasteiger partial charge in [-0.25, -0.2) is 0 Å². The maximum atomic E-state index is 12.5. The molecule has 6 heteroatoms. The molecule has 1 aromatic carbocycles. The number of nitrogens with zero attached hydrogens (tertiary/aromatic N) is 1. The minimum Gasteiger partial charge on any atom is -0.373 e. The van der Waals surface area contributed by atoms with Gasteiger partial charge in [-0.2, -0.15) is 0 Å². The van der Waals surface area contributed by atoms with Gasteiger partial charge in [0.1, 0.15) is 0 Å². The Morgan fingerprint density at radius 3 is 3.05 bits per heavy atom. The van der Waals surface area contributed by atoms with Crippen LogP contribution in [-0.2, 0) is 4.74 Å². The molecule has 0 bridgehead atoms. The Balaban J connectivity index is 2.17. The van der Waals surface area contributed by atoms with Crippen LogP contribution in [-0.4, -0.2) is 42.6 Å². The summed E-state index contributed by atoms with van der Waals surface area (Å²) in [5.74, 6) is 0.0272. The number of morpholine rings is 1. The van der Waals surface area contributed by atoms with Crippen molar-refractivity contribution in [2.75, 3.05) is 19.7 Å². The van der Waals surface area contributed by atoms with Crippen molar-refractivity contribution in [3.63, 3.8) is 0 Å². The maximum absolute atomic E-state index is 12.5. The fourth-order valence-corrected chi connectivity index (χ4v) is 2.92. The molecule has 2 atom stereocenters. The largest absolute Gasteiger partial charge is 0.373 e. The molecule has 0 aliphatic carbocycles. The smallest absolute Gasteiger partial charge is 0.255 e. The summed E-state index contributed by atoms with van der Waals surface area (Å²) < 4.78 is 7.44. The van der Waals surface area contributed by atoms with Gasteiger partial charge in [-0.05, 0) is 63.6 Å². The number of hydrogen-bond donors (Lipinski definition) is 1. The van der Waals surface area contributed by atoms with Crippen LogP contribution >= 0.6 is 38.5 Å². The highest BCUT2D eigenvalue weighted by molar-refractivity contribution is 14.1. The summed E-state index contributed by atoms with van der Waals surface area (Å²) >= 11 is 5.64. The predicted octanol–water partition coefficient (Wildman–Crippen LogP) is 2.24. The van der Waals surface area contributed by atoms with E-state index in [9.17, 15) is 4.79 Å². The molecule has 2 unspecified atom stereocenters. The van der Waals surface area contributed by atoms with Gasteiger partial charge < -0.3 is 15.4 Å². The van der Waals surface area contributed by atoms with Gasteiger partial charge in [-0.3, -0.25) is 4.79 Å². The van der Waals surface area contributed by atoms with E-state index in [1.165, 1.54) is 0 Å². The lowest BCUT2D eigenvalue weighted by molar-refractivity contribution is -0.0300. The number of benzene rings is 1. The van der Waals surface area contributed by atoms with Gasteiger partial charge in [0.15, 0.2) is 0 Å². The standard InChI is InChI=1S/C13H16BrIN2O2/c1-8(16)12-7-17(4-5-19-12)13(18)10-6-9(15)2-3-11(10)14/h2-3,6,8,12H,4-5,7,16H2,1H3. The van der Waals surface area contributed by atoms with Crippen LogP contribution in [0.5, 0.6) is 0 Å². The number of amides is 1. The minimum atomic E-state index is -0.0840. The molecular formula is C13H16BrIN2O2. The molecule has 4 nitrogen and oxygen atoms in total. The maximum Gasteiger partial charge on any atom is 0.255 e. The zero-order valence-corrected chi connectivity index (χ0v) is 14.3. The quantitative estimate of drug-likeness (QED) is 0.720. The normalized spacial score (nSPS) is 21.3. The van der Waals surface area contributed by atoms with Crippen LogP contribution in [0.25, 0.3) is 0 Å². The van der Waals surface area contributed by atoms with Gasteiger partial charge in [0, 0.05) is 27.2 Å². The van der Waals surface area contributed by atoms with Crippen molar-refractivity contribution in [2.24, 2.45) is 5.73 Å². The Morgan fingerprint density at radius 2 is 2.37 bits per heavy atom. The van der Waals surface area contributed by atoms with Crippen LogP contribution < -0.4 is 5.73 Å². The van der Waals surface area contributed by atoms with E-state index in [4.69, 9.17) is 10.5 Å². The van der Waals surface area contributed by atoms with Crippen molar-refractivity contribution in [1.82, 2.24) is 4.90 Å². The second kappa shape index (κ2) is 6.51. The van der Waals surface area contributed by atoms with Crippen LogP contribution in [0.2, 0.25) is 0 Å². The van der Waals surface area contributed by atoms with Crippen LogP contribution in [0.3, 0.4) is 0 Å². The molecule has 1 fully saturated rings. The first-order valence-electron chi connectivity index (χ1n) is 6.10. The summed E-state index contributed by atoms with van der Waals surface area (Å²) in [7, 11) is 0. The molecule has 1 aliphatic heterocycles. The predicted molar refractivity (Wildman–Crippen MR) is 86.2 cm³/mol. The first-order chi connectivity index (χ1) is 8.99. The van der Waals surface area contributed by atoms with E-state index in [2.05, 4.69) is 38.5 Å². The summed E-state index contributed by atoms with van der Waals surface area (Å²) in [6.45, 7) is 3.61. The third kappa shape index (κ3) is 3.68. The summed E-state index contributed by atoms with van der Waals surface area (Å²) in [6.07, 6.45) is -0.0840. The Bertz CT molecular complexity index is 482. The summed E-state index contributed by atoms with van der Waals surface area (Å²) in [5.41, 5.74) is 6.54. The van der Waals surface area contributed by atoms with Crippen LogP contribution in [0, 0.1) is 3.57 Å². The van der Waals surface area contributed by atoms with E-state index in [1.807, 2.05) is 30.0 Å². The number of halogens is 2. The molecule has 1 heterocycles. The first-order valence-corrected chi connectivity index (χ1v) is 7.97. The molecule has 1 aliphatic rings. The molecule has 0 spiro atoms. The van der Waals surface area contributed by atoms with Crippen molar-refractivity contribution in [3.05, 3.63) is 31.8 Å². The monoisotopic (exact) mass is 438 g/mol. The van der Waals surface area contributed by atoms with E-state index >= 15 is 0 Å². The van der Waals surface area contributed by atoms with Crippen LogP contribution in [0.1, 0.15) is 17.3 Å². The van der Waals surface area contributed by atoms with Gasteiger partial charge in [0.05, 0.1) is 18.3 Å². The molecular weight excluding hydrogens is 423 g/mol. The Kier molecular flexibility index (Phi) is 5.22. The average Bonchev–Trinajstić information content (AvgIpc) is 2.41. The van der Waals surface area contributed by atoms with Gasteiger partial charge in [0.2, 0.25) is 0 Å². The van der Waals surface area contributed by atoms with Crippen molar-refractivity contribution in [2.45, 2.75) is 19.1 Å². The molecule has 0 radical (unpaired) electrons. The Labute approximate surface area is 134 Å². The lowest BCUT2D eigenvalue weighted by Gasteiger charge is -2.35. The summed E-state index contributed by atoms with van der Waals surface area (Å²) in [6, 6.07) is 5.68. The molecule has 104 valence electrons. The van der Waals surface area contributed by atoms with E-state index in [-0.39, 0.29) is 18.1 Å². The van der Waals surface area contributed by atoms with Crippen molar-refractivity contribution in [3.8, 4) is 0 Å². The topological polar surface area (TPSA) is 55.6 Å². The molecule has 2 N–H and O–H groups in total. The molecule has 1 amide bonds. The van der Waals surface area contributed by atoms with Gasteiger partial charge >= 0.3 is 0 Å². The number of carbonyl (C=O) groups is 1. The lowest BCUT2D eigenvalue weighted by Crippen LogP contribution is -2.51. The van der Waals surface area contributed by atoms with Crippen LogP contribution in [0.15, 0.2) is 22.7 Å².